The van der Waals surface area contributed by atoms with Gasteiger partial charge in [-0.2, -0.15) is 0 Å². The summed E-state index contributed by atoms with van der Waals surface area (Å²) in [5, 5.41) is 8.49. The fourth-order valence-electron chi connectivity index (χ4n) is 1.21. The lowest BCUT2D eigenvalue weighted by atomic mass is 10.1. The first-order valence-corrected chi connectivity index (χ1v) is 4.87. The van der Waals surface area contributed by atoms with Crippen LogP contribution in [0.1, 0.15) is 11.1 Å². The number of aliphatic hydroxyl groups excluding tert-OH is 1. The maximum Gasteiger partial charge on any atom is 0.261 e. The number of aliphatic hydroxyl groups is 1. The Morgan fingerprint density at radius 1 is 1.29 bits per heavy atom. The van der Waals surface area contributed by atoms with Crippen LogP contribution in [0.25, 0.3) is 0 Å². The van der Waals surface area contributed by atoms with Gasteiger partial charge in [-0.25, -0.2) is 13.2 Å². The van der Waals surface area contributed by atoms with E-state index >= 15 is 0 Å². The normalized spacial score (nSPS) is 10.2. The SMILES string of the molecule is OCC#Cc1cc(F)cc(COCC(F)F)c1. The lowest BCUT2D eigenvalue weighted by Crippen LogP contribution is -2.04. The van der Waals surface area contributed by atoms with Crippen LogP contribution < -0.4 is 0 Å². The summed E-state index contributed by atoms with van der Waals surface area (Å²) in [6.45, 7) is -1.11. The zero-order valence-corrected chi connectivity index (χ0v) is 8.92. The first kappa shape index (κ1) is 13.6. The number of hydrogen-bond acceptors (Lipinski definition) is 2. The highest BCUT2D eigenvalue weighted by atomic mass is 19.3. The van der Waals surface area contributed by atoms with E-state index in [4.69, 9.17) is 5.11 Å². The summed E-state index contributed by atoms with van der Waals surface area (Å²) >= 11 is 0. The molecule has 2 nitrogen and oxygen atoms in total. The van der Waals surface area contributed by atoms with Crippen LogP contribution in [-0.2, 0) is 11.3 Å². The van der Waals surface area contributed by atoms with Crippen molar-refractivity contribution in [2.75, 3.05) is 13.2 Å². The zero-order valence-electron chi connectivity index (χ0n) is 8.92. The summed E-state index contributed by atoms with van der Waals surface area (Å²) in [6, 6.07) is 3.91. The number of ether oxygens (including phenoxy) is 1. The first-order valence-electron chi connectivity index (χ1n) is 4.87. The van der Waals surface area contributed by atoms with Gasteiger partial charge in [0.05, 0.1) is 6.61 Å². The van der Waals surface area contributed by atoms with Crippen molar-refractivity contribution >= 4 is 0 Å². The summed E-state index contributed by atoms with van der Waals surface area (Å²) in [6.07, 6.45) is -2.54. The molecule has 0 radical (unpaired) electrons. The quantitative estimate of drug-likeness (QED) is 0.820. The number of hydrogen-bond donors (Lipinski definition) is 1. The van der Waals surface area contributed by atoms with Crippen LogP contribution in [0.4, 0.5) is 13.2 Å². The average Bonchev–Trinajstić information content (AvgIpc) is 2.25. The molecule has 92 valence electrons. The second-order valence-corrected chi connectivity index (χ2v) is 3.21. The van der Waals surface area contributed by atoms with Gasteiger partial charge in [0, 0.05) is 5.56 Å². The minimum atomic E-state index is -2.54. The highest BCUT2D eigenvalue weighted by molar-refractivity contribution is 5.37. The van der Waals surface area contributed by atoms with Crippen LogP contribution in [0.15, 0.2) is 18.2 Å². The molecule has 0 atom stereocenters. The largest absolute Gasteiger partial charge is 0.384 e. The molecular formula is C12H11F3O2. The molecule has 0 fully saturated rings. The predicted octanol–water partition coefficient (Wildman–Crippen LogP) is 1.95. The minimum absolute atomic E-state index is 0.101. The highest BCUT2D eigenvalue weighted by Gasteiger charge is 2.04. The minimum Gasteiger partial charge on any atom is -0.384 e. The van der Waals surface area contributed by atoms with Gasteiger partial charge in [0.1, 0.15) is 19.0 Å². The molecule has 0 aromatic heterocycles. The summed E-state index contributed by atoms with van der Waals surface area (Å²) in [5.41, 5.74) is 0.794. The van der Waals surface area contributed by atoms with E-state index in [-0.39, 0.29) is 13.2 Å². The summed E-state index contributed by atoms with van der Waals surface area (Å²) in [7, 11) is 0. The topological polar surface area (TPSA) is 29.5 Å². The fraction of sp³-hybridized carbons (Fsp3) is 0.333. The molecule has 0 aliphatic carbocycles. The molecule has 17 heavy (non-hydrogen) atoms. The summed E-state index contributed by atoms with van der Waals surface area (Å²) in [5.74, 6) is 4.38. The Kier molecular flexibility index (Phi) is 5.53. The lowest BCUT2D eigenvalue weighted by molar-refractivity contribution is 0.00981. The van der Waals surface area contributed by atoms with Gasteiger partial charge >= 0.3 is 0 Å². The lowest BCUT2D eigenvalue weighted by Gasteiger charge is -2.04. The Bertz CT molecular complexity index is 421. The molecule has 0 aliphatic rings. The van der Waals surface area contributed by atoms with Crippen molar-refractivity contribution in [3.05, 3.63) is 35.1 Å². The van der Waals surface area contributed by atoms with Gasteiger partial charge in [-0.1, -0.05) is 11.8 Å². The van der Waals surface area contributed by atoms with Gasteiger partial charge in [-0.3, -0.25) is 0 Å². The summed E-state index contributed by atoms with van der Waals surface area (Å²) < 4.78 is 41.4. The average molecular weight is 244 g/mol. The van der Waals surface area contributed by atoms with E-state index in [1.54, 1.807) is 0 Å². The van der Waals surface area contributed by atoms with Crippen LogP contribution in [-0.4, -0.2) is 24.7 Å². The Hall–Kier alpha value is -1.51. The van der Waals surface area contributed by atoms with E-state index in [9.17, 15) is 13.2 Å². The molecule has 0 heterocycles. The van der Waals surface area contributed by atoms with Gasteiger partial charge in [0.2, 0.25) is 0 Å². The van der Waals surface area contributed by atoms with E-state index in [2.05, 4.69) is 16.6 Å². The molecular weight excluding hydrogens is 233 g/mol. The molecule has 0 saturated carbocycles. The molecule has 0 aliphatic heterocycles. The maximum atomic E-state index is 13.1. The smallest absolute Gasteiger partial charge is 0.261 e. The van der Waals surface area contributed by atoms with Gasteiger partial charge in [0.15, 0.2) is 0 Å². The molecule has 1 rings (SSSR count). The molecule has 0 amide bonds. The zero-order chi connectivity index (χ0) is 12.7. The number of benzene rings is 1. The second kappa shape index (κ2) is 6.94. The van der Waals surface area contributed by atoms with E-state index in [0.29, 0.717) is 11.1 Å². The van der Waals surface area contributed by atoms with E-state index < -0.39 is 18.8 Å². The van der Waals surface area contributed by atoms with Crippen molar-refractivity contribution in [3.8, 4) is 11.8 Å². The van der Waals surface area contributed by atoms with Crippen LogP contribution >= 0.6 is 0 Å². The van der Waals surface area contributed by atoms with E-state index in [1.807, 2.05) is 0 Å². The highest BCUT2D eigenvalue weighted by Crippen LogP contribution is 2.10. The van der Waals surface area contributed by atoms with Crippen LogP contribution in [0.3, 0.4) is 0 Å². The Balaban J connectivity index is 2.68. The van der Waals surface area contributed by atoms with Crippen LogP contribution in [0.5, 0.6) is 0 Å². The van der Waals surface area contributed by atoms with Gasteiger partial charge in [-0.15, -0.1) is 0 Å². The first-order chi connectivity index (χ1) is 8.11. The monoisotopic (exact) mass is 244 g/mol. The second-order valence-electron chi connectivity index (χ2n) is 3.21. The molecule has 1 N–H and O–H groups in total. The molecule has 0 saturated heterocycles. The third-order valence-electron chi connectivity index (χ3n) is 1.78. The fourth-order valence-corrected chi connectivity index (χ4v) is 1.21. The van der Waals surface area contributed by atoms with Gasteiger partial charge < -0.3 is 9.84 Å². The Morgan fingerprint density at radius 2 is 2.06 bits per heavy atom. The number of alkyl halides is 2. The van der Waals surface area contributed by atoms with E-state index in [1.165, 1.54) is 18.2 Å². The van der Waals surface area contributed by atoms with Crippen molar-refractivity contribution in [2.24, 2.45) is 0 Å². The molecule has 0 bridgehead atoms. The van der Waals surface area contributed by atoms with Crippen molar-refractivity contribution in [1.29, 1.82) is 0 Å². The Labute approximate surface area is 97.0 Å². The molecule has 5 heteroatoms. The number of halogens is 3. The van der Waals surface area contributed by atoms with Crippen molar-refractivity contribution < 1.29 is 23.0 Å². The predicted molar refractivity (Wildman–Crippen MR) is 56.0 cm³/mol. The van der Waals surface area contributed by atoms with Crippen molar-refractivity contribution in [3.63, 3.8) is 0 Å². The molecule has 0 unspecified atom stereocenters. The molecule has 1 aromatic rings. The third-order valence-corrected chi connectivity index (χ3v) is 1.78. The standard InChI is InChI=1S/C12H11F3O2/c13-11-5-9(2-1-3-16)4-10(6-11)7-17-8-12(14)15/h4-6,12,16H,3,7-8H2. The van der Waals surface area contributed by atoms with E-state index in [0.717, 1.165) is 0 Å². The maximum absolute atomic E-state index is 13.1. The van der Waals surface area contributed by atoms with Crippen molar-refractivity contribution in [2.45, 2.75) is 13.0 Å². The van der Waals surface area contributed by atoms with Crippen LogP contribution in [0, 0.1) is 17.7 Å². The molecule has 0 spiro atoms. The van der Waals surface area contributed by atoms with Gasteiger partial charge in [0.25, 0.3) is 6.43 Å². The Morgan fingerprint density at radius 3 is 2.71 bits per heavy atom. The van der Waals surface area contributed by atoms with Gasteiger partial charge in [-0.05, 0) is 23.8 Å². The third kappa shape index (κ3) is 5.38. The van der Waals surface area contributed by atoms with Crippen LogP contribution in [0.2, 0.25) is 0 Å². The summed E-state index contributed by atoms with van der Waals surface area (Å²) in [4.78, 5) is 0. The molecule has 1 aromatic carbocycles. The number of rotatable bonds is 4. The van der Waals surface area contributed by atoms with Crippen molar-refractivity contribution in [1.82, 2.24) is 0 Å².